The Hall–Kier alpha value is -2.25. The van der Waals surface area contributed by atoms with Gasteiger partial charge in [0.25, 0.3) is 5.91 Å². The van der Waals surface area contributed by atoms with Crippen LogP contribution in [0.1, 0.15) is 5.56 Å². The first-order chi connectivity index (χ1) is 11.5. The second kappa shape index (κ2) is 7.11. The number of anilines is 1. The first-order valence-electron chi connectivity index (χ1n) is 7.03. The third-order valence-corrected chi connectivity index (χ3v) is 4.66. The monoisotopic (exact) mass is 362 g/mol. The zero-order valence-corrected chi connectivity index (χ0v) is 14.0. The van der Waals surface area contributed by atoms with Gasteiger partial charge in [0.15, 0.2) is 0 Å². The van der Waals surface area contributed by atoms with Gasteiger partial charge in [0.05, 0.1) is 11.6 Å². The quantitative estimate of drug-likeness (QED) is 0.651. The first-order valence-corrected chi connectivity index (χ1v) is 8.26. The lowest BCUT2D eigenvalue weighted by Crippen LogP contribution is -2.33. The van der Waals surface area contributed by atoms with Crippen molar-refractivity contribution in [2.24, 2.45) is 0 Å². The van der Waals surface area contributed by atoms with E-state index < -0.39 is 0 Å². The van der Waals surface area contributed by atoms with Gasteiger partial charge in [-0.25, -0.2) is 8.78 Å². The average molecular weight is 362 g/mol. The van der Waals surface area contributed by atoms with Crippen molar-refractivity contribution >= 4 is 46.0 Å². The van der Waals surface area contributed by atoms with E-state index in [1.54, 1.807) is 30.3 Å². The second-order valence-electron chi connectivity index (χ2n) is 5.01. The van der Waals surface area contributed by atoms with E-state index in [-0.39, 0.29) is 24.2 Å². The van der Waals surface area contributed by atoms with Gasteiger partial charge < -0.3 is 5.32 Å². The molecule has 3 nitrogen and oxygen atoms in total. The molecule has 3 rings (SSSR count). The fourth-order valence-corrected chi connectivity index (χ4v) is 3.41. The van der Waals surface area contributed by atoms with Crippen molar-refractivity contribution in [3.63, 3.8) is 0 Å². The number of rotatable bonds is 4. The number of benzene rings is 2. The van der Waals surface area contributed by atoms with Crippen LogP contribution in [-0.2, 0) is 4.79 Å². The van der Waals surface area contributed by atoms with E-state index in [1.165, 1.54) is 29.2 Å². The van der Waals surface area contributed by atoms with Crippen molar-refractivity contribution in [2.75, 3.05) is 12.0 Å². The predicted molar refractivity (Wildman–Crippen MR) is 96.3 cm³/mol. The van der Waals surface area contributed by atoms with Crippen LogP contribution >= 0.6 is 24.0 Å². The summed E-state index contributed by atoms with van der Waals surface area (Å²) in [7, 11) is 0. The number of halogens is 2. The number of thioether (sulfide) groups is 1. The highest BCUT2D eigenvalue weighted by molar-refractivity contribution is 8.26. The highest BCUT2D eigenvalue weighted by Crippen LogP contribution is 2.32. The fourth-order valence-electron chi connectivity index (χ4n) is 2.15. The molecule has 1 fully saturated rings. The molecule has 0 unspecified atom stereocenters. The molecule has 2 aromatic rings. The number of carbonyl (C=O) groups excluding carboxylic acids is 1. The molecular formula is C17H12F2N2OS2. The lowest BCUT2D eigenvalue weighted by atomic mass is 10.2. The molecule has 122 valence electrons. The summed E-state index contributed by atoms with van der Waals surface area (Å²) in [4.78, 5) is 14.2. The summed E-state index contributed by atoms with van der Waals surface area (Å²) in [5.41, 5.74) is 1.15. The molecule has 0 atom stereocenters. The number of nitrogens with zero attached hydrogens (tertiary/aromatic N) is 1. The number of thiocarbonyl (C=S) groups is 1. The number of hydrogen-bond acceptors (Lipinski definition) is 4. The van der Waals surface area contributed by atoms with Gasteiger partial charge in [0.2, 0.25) is 0 Å². The Balaban J connectivity index is 1.72. The average Bonchev–Trinajstić information content (AvgIpc) is 2.79. The molecule has 7 heteroatoms. The molecule has 1 N–H and O–H groups in total. The largest absolute Gasteiger partial charge is 0.367 e. The Morgan fingerprint density at radius 2 is 1.83 bits per heavy atom. The van der Waals surface area contributed by atoms with Crippen LogP contribution in [0.3, 0.4) is 0 Å². The van der Waals surface area contributed by atoms with Crippen molar-refractivity contribution in [1.29, 1.82) is 0 Å². The van der Waals surface area contributed by atoms with E-state index in [9.17, 15) is 13.6 Å². The highest BCUT2D eigenvalue weighted by Gasteiger charge is 2.31. The Kier molecular flexibility index (Phi) is 4.92. The molecule has 1 amide bonds. The zero-order chi connectivity index (χ0) is 17.1. The zero-order valence-electron chi connectivity index (χ0n) is 12.3. The summed E-state index contributed by atoms with van der Waals surface area (Å²) in [6.07, 6.45) is 1.60. The molecule has 0 saturated carbocycles. The van der Waals surface area contributed by atoms with Crippen molar-refractivity contribution in [3.05, 3.63) is 70.6 Å². The molecule has 0 aromatic heterocycles. The van der Waals surface area contributed by atoms with Crippen molar-refractivity contribution in [1.82, 2.24) is 4.90 Å². The predicted octanol–water partition coefficient (Wildman–Crippen LogP) is 4.24. The molecule has 0 spiro atoms. The molecular weight excluding hydrogens is 350 g/mol. The third-order valence-electron chi connectivity index (χ3n) is 3.29. The van der Waals surface area contributed by atoms with Crippen LogP contribution in [-0.4, -0.2) is 21.8 Å². The minimum atomic E-state index is -0.369. The molecule has 24 heavy (non-hydrogen) atoms. The van der Waals surface area contributed by atoms with E-state index in [4.69, 9.17) is 12.2 Å². The smallest absolute Gasteiger partial charge is 0.267 e. The van der Waals surface area contributed by atoms with Gasteiger partial charge in [-0.2, -0.15) is 0 Å². The Bertz CT molecular complexity index is 839. The minimum absolute atomic E-state index is 0.134. The summed E-state index contributed by atoms with van der Waals surface area (Å²) in [5, 5.41) is 2.96. The SMILES string of the molecule is O=C1/C(=C\c2cccc(F)c2)SC(=S)N1CNc1cccc(F)c1. The highest BCUT2D eigenvalue weighted by atomic mass is 32.2. The van der Waals surface area contributed by atoms with Crippen molar-refractivity contribution in [3.8, 4) is 0 Å². The van der Waals surface area contributed by atoms with Crippen LogP contribution < -0.4 is 5.32 Å². The maximum atomic E-state index is 13.2. The van der Waals surface area contributed by atoms with Crippen LogP contribution in [0.25, 0.3) is 6.08 Å². The molecule has 1 aliphatic rings. The Morgan fingerprint density at radius 1 is 1.12 bits per heavy atom. The van der Waals surface area contributed by atoms with E-state index in [1.807, 2.05) is 0 Å². The second-order valence-corrected chi connectivity index (χ2v) is 6.69. The number of carbonyl (C=O) groups is 1. The molecule has 0 radical (unpaired) electrons. The number of nitrogens with one attached hydrogen (secondary N) is 1. The van der Waals surface area contributed by atoms with E-state index in [0.717, 1.165) is 11.8 Å². The van der Waals surface area contributed by atoms with Crippen molar-refractivity contribution in [2.45, 2.75) is 0 Å². The van der Waals surface area contributed by atoms with Gasteiger partial charge >= 0.3 is 0 Å². The summed E-state index contributed by atoms with van der Waals surface area (Å²) in [5.74, 6) is -0.999. The standard InChI is InChI=1S/C17H12F2N2OS2/c18-12-4-1-3-11(7-12)8-15-16(22)21(17(23)24-15)10-20-14-6-2-5-13(19)9-14/h1-9,20H,10H2/b15-8+. The van der Waals surface area contributed by atoms with Crippen molar-refractivity contribution < 1.29 is 13.6 Å². The topological polar surface area (TPSA) is 32.3 Å². The fraction of sp³-hybridized carbons (Fsp3) is 0.0588. The molecule has 1 saturated heterocycles. The van der Waals surface area contributed by atoms with Crippen LogP contribution in [0.5, 0.6) is 0 Å². The maximum Gasteiger partial charge on any atom is 0.267 e. The van der Waals surface area contributed by atoms with Crippen LogP contribution in [0.4, 0.5) is 14.5 Å². The lowest BCUT2D eigenvalue weighted by molar-refractivity contribution is -0.121. The van der Waals surface area contributed by atoms with Gasteiger partial charge in [0, 0.05) is 5.69 Å². The normalized spacial score (nSPS) is 16.1. The molecule has 1 heterocycles. The third kappa shape index (κ3) is 3.80. The summed E-state index contributed by atoms with van der Waals surface area (Å²) >= 11 is 6.37. The van der Waals surface area contributed by atoms with E-state index in [0.29, 0.717) is 20.5 Å². The van der Waals surface area contributed by atoms with Crippen LogP contribution in [0.15, 0.2) is 53.4 Å². The summed E-state index contributed by atoms with van der Waals surface area (Å²) in [6.45, 7) is 0.134. The summed E-state index contributed by atoms with van der Waals surface area (Å²) in [6, 6.07) is 11.9. The molecule has 2 aromatic carbocycles. The maximum absolute atomic E-state index is 13.2. The van der Waals surface area contributed by atoms with Gasteiger partial charge in [-0.05, 0) is 42.0 Å². The van der Waals surface area contributed by atoms with Gasteiger partial charge in [0.1, 0.15) is 16.0 Å². The first kappa shape index (κ1) is 16.6. The van der Waals surface area contributed by atoms with Gasteiger partial charge in [-0.1, -0.05) is 42.2 Å². The van der Waals surface area contributed by atoms with E-state index in [2.05, 4.69) is 5.32 Å². The molecule has 0 bridgehead atoms. The molecule has 1 aliphatic heterocycles. The lowest BCUT2D eigenvalue weighted by Gasteiger charge is -2.16. The molecule has 0 aliphatic carbocycles. The Labute approximate surface area is 147 Å². The van der Waals surface area contributed by atoms with E-state index >= 15 is 0 Å². The minimum Gasteiger partial charge on any atom is -0.367 e. The van der Waals surface area contributed by atoms with Crippen LogP contribution in [0, 0.1) is 11.6 Å². The van der Waals surface area contributed by atoms with Gasteiger partial charge in [-0.3, -0.25) is 9.69 Å². The van der Waals surface area contributed by atoms with Gasteiger partial charge in [-0.15, -0.1) is 0 Å². The summed E-state index contributed by atoms with van der Waals surface area (Å²) < 4.78 is 26.8. The number of amides is 1. The Morgan fingerprint density at radius 3 is 2.54 bits per heavy atom. The number of hydrogen-bond donors (Lipinski definition) is 1. The van der Waals surface area contributed by atoms with Crippen LogP contribution in [0.2, 0.25) is 0 Å².